The number of benzene rings is 2. The van der Waals surface area contributed by atoms with E-state index in [4.69, 9.17) is 16.7 Å². The van der Waals surface area contributed by atoms with Crippen LogP contribution in [0, 0.1) is 5.92 Å². The second-order valence-corrected chi connectivity index (χ2v) is 10.1. The van der Waals surface area contributed by atoms with Crippen molar-refractivity contribution >= 4 is 23.6 Å². The number of aromatic nitrogens is 2. The van der Waals surface area contributed by atoms with Gasteiger partial charge in [0.25, 0.3) is 0 Å². The molecule has 1 saturated carbocycles. The molecule has 1 heterocycles. The van der Waals surface area contributed by atoms with E-state index in [2.05, 4.69) is 29.0 Å². The highest BCUT2D eigenvalue weighted by Crippen LogP contribution is 2.41. The molecule has 0 spiro atoms. The molecule has 1 fully saturated rings. The largest absolute Gasteiger partial charge is 0.478 e. The number of halogens is 1. The van der Waals surface area contributed by atoms with Gasteiger partial charge in [0.05, 0.1) is 22.6 Å². The first-order valence-electron chi connectivity index (χ1n) is 12.5. The summed E-state index contributed by atoms with van der Waals surface area (Å²) in [7, 11) is 0. The van der Waals surface area contributed by atoms with Gasteiger partial charge in [-0.2, -0.15) is 5.10 Å². The third-order valence-corrected chi connectivity index (χ3v) is 7.65. The highest BCUT2D eigenvalue weighted by atomic mass is 35.5. The van der Waals surface area contributed by atoms with Crippen LogP contribution in [0.5, 0.6) is 0 Å². The van der Waals surface area contributed by atoms with E-state index in [9.17, 15) is 9.90 Å². The topological polar surface area (TPSA) is 55.1 Å². The number of hydrogen-bond acceptors (Lipinski definition) is 2. The highest BCUT2D eigenvalue weighted by Gasteiger charge is 2.31. The fourth-order valence-corrected chi connectivity index (χ4v) is 5.74. The summed E-state index contributed by atoms with van der Waals surface area (Å²) in [5, 5.41) is 15.1. The van der Waals surface area contributed by atoms with Crippen LogP contribution in [0.25, 0.3) is 11.8 Å². The molecule has 1 atom stereocenters. The number of fused-ring (bicyclic) bond motifs is 1. The zero-order valence-electron chi connectivity index (χ0n) is 19.4. The van der Waals surface area contributed by atoms with Gasteiger partial charge < -0.3 is 5.11 Å². The standard InChI is InChI=1S/C29H31ClN2O2/c30-23-15-17-24(18-16-23)32-28(26-8-4-5-9-27(26)31-32)25(21-6-2-1-3-7-21)19-12-20-10-13-22(14-11-20)29(33)34/h10-19,21,25H,1-9H2,(H,33,34). The van der Waals surface area contributed by atoms with Crippen molar-refractivity contribution in [1.29, 1.82) is 0 Å². The summed E-state index contributed by atoms with van der Waals surface area (Å²) in [6.45, 7) is 0. The number of carbonyl (C=O) groups is 1. The minimum absolute atomic E-state index is 0.268. The number of allylic oxidation sites excluding steroid dienone is 1. The Morgan fingerprint density at radius 2 is 1.68 bits per heavy atom. The van der Waals surface area contributed by atoms with Crippen molar-refractivity contribution in [1.82, 2.24) is 9.78 Å². The van der Waals surface area contributed by atoms with Crippen LogP contribution in [0.15, 0.2) is 54.6 Å². The van der Waals surface area contributed by atoms with Gasteiger partial charge in [0.1, 0.15) is 0 Å². The number of hydrogen-bond donors (Lipinski definition) is 1. The first-order valence-corrected chi connectivity index (χ1v) is 12.9. The molecule has 0 radical (unpaired) electrons. The lowest BCUT2D eigenvalue weighted by Gasteiger charge is -2.30. The Morgan fingerprint density at radius 3 is 2.38 bits per heavy atom. The van der Waals surface area contributed by atoms with E-state index in [1.165, 1.54) is 61.9 Å². The lowest BCUT2D eigenvalue weighted by Crippen LogP contribution is -2.19. The molecular formula is C29H31ClN2O2. The maximum Gasteiger partial charge on any atom is 0.335 e. The second kappa shape index (κ2) is 10.2. The molecule has 4 nitrogen and oxygen atoms in total. The predicted octanol–water partition coefficient (Wildman–Crippen LogP) is 7.48. The van der Waals surface area contributed by atoms with Crippen molar-refractivity contribution in [3.8, 4) is 5.69 Å². The van der Waals surface area contributed by atoms with Gasteiger partial charge in [-0.1, -0.05) is 55.1 Å². The zero-order valence-corrected chi connectivity index (χ0v) is 20.2. The summed E-state index contributed by atoms with van der Waals surface area (Å²) in [6.07, 6.45) is 15.4. The van der Waals surface area contributed by atoms with E-state index >= 15 is 0 Å². The number of carboxylic acids is 1. The number of rotatable bonds is 6. The minimum atomic E-state index is -0.894. The number of aryl methyl sites for hydroxylation is 1. The molecule has 3 aromatic rings. The van der Waals surface area contributed by atoms with Crippen LogP contribution in [-0.2, 0) is 12.8 Å². The van der Waals surface area contributed by atoms with Crippen LogP contribution in [0.1, 0.15) is 83.7 Å². The molecule has 1 aromatic heterocycles. The summed E-state index contributed by atoms with van der Waals surface area (Å²) in [6, 6.07) is 15.2. The van der Waals surface area contributed by atoms with Crippen LogP contribution >= 0.6 is 11.6 Å². The summed E-state index contributed by atoms with van der Waals surface area (Å²) in [5.74, 6) is -0.0457. The number of aromatic carboxylic acids is 1. The average Bonchev–Trinajstić information content (AvgIpc) is 3.25. The van der Waals surface area contributed by atoms with E-state index in [1.54, 1.807) is 12.1 Å². The smallest absolute Gasteiger partial charge is 0.335 e. The van der Waals surface area contributed by atoms with Crippen molar-refractivity contribution in [2.45, 2.75) is 63.7 Å². The molecule has 2 aromatic carbocycles. The van der Waals surface area contributed by atoms with Gasteiger partial charge >= 0.3 is 5.97 Å². The van der Waals surface area contributed by atoms with E-state index in [0.29, 0.717) is 11.5 Å². The highest BCUT2D eigenvalue weighted by molar-refractivity contribution is 6.30. The summed E-state index contributed by atoms with van der Waals surface area (Å²) in [4.78, 5) is 11.2. The first-order chi connectivity index (χ1) is 16.6. The lowest BCUT2D eigenvalue weighted by molar-refractivity contribution is 0.0697. The molecule has 176 valence electrons. The van der Waals surface area contributed by atoms with Gasteiger partial charge in [-0.3, -0.25) is 0 Å². The SMILES string of the molecule is O=C(O)c1ccc(C=CC(c2c3c(nn2-c2ccc(Cl)cc2)CCCC3)C2CCCCC2)cc1. The van der Waals surface area contributed by atoms with Gasteiger partial charge in [-0.05, 0) is 92.0 Å². The molecule has 0 amide bonds. The van der Waals surface area contributed by atoms with E-state index in [-0.39, 0.29) is 5.92 Å². The van der Waals surface area contributed by atoms with E-state index in [0.717, 1.165) is 29.1 Å². The number of carboxylic acid groups (broad SMARTS) is 1. The van der Waals surface area contributed by atoms with Crippen molar-refractivity contribution in [3.63, 3.8) is 0 Å². The van der Waals surface area contributed by atoms with Gasteiger partial charge in [0.15, 0.2) is 0 Å². The lowest BCUT2D eigenvalue weighted by atomic mass is 9.76. The first kappa shape index (κ1) is 22.9. The fraction of sp³-hybridized carbons (Fsp3) is 0.379. The van der Waals surface area contributed by atoms with Gasteiger partial charge in [0, 0.05) is 10.9 Å². The Morgan fingerprint density at radius 1 is 0.971 bits per heavy atom. The van der Waals surface area contributed by atoms with E-state index < -0.39 is 5.97 Å². The molecule has 2 aliphatic carbocycles. The van der Waals surface area contributed by atoms with Gasteiger partial charge in [-0.25, -0.2) is 9.48 Å². The molecule has 1 N–H and O–H groups in total. The fourth-order valence-electron chi connectivity index (χ4n) is 5.62. The van der Waals surface area contributed by atoms with Crippen molar-refractivity contribution < 1.29 is 9.90 Å². The molecule has 0 saturated heterocycles. The Hall–Kier alpha value is -2.85. The molecule has 5 heteroatoms. The van der Waals surface area contributed by atoms with Gasteiger partial charge in [-0.15, -0.1) is 0 Å². The Balaban J connectivity index is 1.58. The van der Waals surface area contributed by atoms with E-state index in [1.807, 2.05) is 24.3 Å². The Labute approximate surface area is 206 Å². The van der Waals surface area contributed by atoms with Crippen LogP contribution in [0.3, 0.4) is 0 Å². The predicted molar refractivity (Wildman–Crippen MR) is 137 cm³/mol. The second-order valence-electron chi connectivity index (χ2n) is 9.62. The van der Waals surface area contributed by atoms with Crippen molar-refractivity contribution in [3.05, 3.63) is 87.7 Å². The summed E-state index contributed by atoms with van der Waals surface area (Å²) in [5.41, 5.74) is 6.42. The Kier molecular flexibility index (Phi) is 6.87. The maximum atomic E-state index is 11.2. The zero-order chi connectivity index (χ0) is 23.5. The summed E-state index contributed by atoms with van der Waals surface area (Å²) < 4.78 is 2.18. The van der Waals surface area contributed by atoms with Crippen LogP contribution in [-0.4, -0.2) is 20.9 Å². The molecule has 0 bridgehead atoms. The molecular weight excluding hydrogens is 444 g/mol. The van der Waals surface area contributed by atoms with Crippen LogP contribution in [0.4, 0.5) is 0 Å². The third-order valence-electron chi connectivity index (χ3n) is 7.40. The van der Waals surface area contributed by atoms with Crippen LogP contribution in [0.2, 0.25) is 5.02 Å². The molecule has 5 rings (SSSR count). The molecule has 1 unspecified atom stereocenters. The normalized spacial score (nSPS) is 17.6. The monoisotopic (exact) mass is 474 g/mol. The number of nitrogens with zero attached hydrogens (tertiary/aromatic N) is 2. The molecule has 0 aliphatic heterocycles. The van der Waals surface area contributed by atoms with Crippen molar-refractivity contribution in [2.75, 3.05) is 0 Å². The molecule has 34 heavy (non-hydrogen) atoms. The average molecular weight is 475 g/mol. The quantitative estimate of drug-likeness (QED) is 0.402. The third kappa shape index (κ3) is 4.83. The minimum Gasteiger partial charge on any atom is -0.478 e. The molecule has 2 aliphatic rings. The van der Waals surface area contributed by atoms with Gasteiger partial charge in [0.2, 0.25) is 0 Å². The maximum absolute atomic E-state index is 11.2. The summed E-state index contributed by atoms with van der Waals surface area (Å²) >= 11 is 6.19. The van der Waals surface area contributed by atoms with Crippen molar-refractivity contribution in [2.24, 2.45) is 5.92 Å². The van der Waals surface area contributed by atoms with Crippen LogP contribution < -0.4 is 0 Å². The Bertz CT molecular complexity index is 1170.